The van der Waals surface area contributed by atoms with Crippen LogP contribution in [-0.4, -0.2) is 23.2 Å². The van der Waals surface area contributed by atoms with Crippen LogP contribution in [0.25, 0.3) is 0 Å². The van der Waals surface area contributed by atoms with Crippen LogP contribution in [0.5, 0.6) is 0 Å². The first-order valence-electron chi connectivity index (χ1n) is 6.45. The molecule has 0 amide bonds. The number of anilines is 1. The van der Waals surface area contributed by atoms with Crippen molar-refractivity contribution >= 4 is 31.9 Å². The molecule has 1 aliphatic heterocycles. The van der Waals surface area contributed by atoms with E-state index in [1.807, 2.05) is 0 Å². The highest BCUT2D eigenvalue weighted by Crippen LogP contribution is 2.29. The highest BCUT2D eigenvalue weighted by molar-refractivity contribution is 7.91. The first-order valence-corrected chi connectivity index (χ1v) is 9.54. The summed E-state index contributed by atoms with van der Waals surface area (Å²) in [4.78, 5) is -0.434. The van der Waals surface area contributed by atoms with E-state index in [1.54, 1.807) is 0 Å². The van der Waals surface area contributed by atoms with Gasteiger partial charge in [-0.3, -0.25) is 0 Å². The van der Waals surface area contributed by atoms with Gasteiger partial charge in [0.2, 0.25) is 0 Å². The van der Waals surface area contributed by atoms with E-state index in [9.17, 15) is 21.2 Å². The molecule has 2 aromatic carbocycles. The maximum Gasteiger partial charge on any atom is 0.285 e. The van der Waals surface area contributed by atoms with Crippen LogP contribution in [-0.2, 0) is 25.6 Å². The second-order valence-electron chi connectivity index (χ2n) is 4.86. The number of nitrogens with one attached hydrogen (secondary N) is 1. The van der Waals surface area contributed by atoms with E-state index >= 15 is 0 Å². The minimum absolute atomic E-state index is 0.0178. The Kier molecular flexibility index (Phi) is 3.69. The molecule has 23 heavy (non-hydrogen) atoms. The van der Waals surface area contributed by atoms with E-state index in [0.717, 1.165) is 12.4 Å². The molecule has 0 spiro atoms. The number of sulfone groups is 1. The van der Waals surface area contributed by atoms with Crippen LogP contribution in [0.3, 0.4) is 0 Å². The Bertz CT molecular complexity index is 1010. The second-order valence-corrected chi connectivity index (χ2v) is 8.45. The lowest BCUT2D eigenvalue weighted by atomic mass is 10.2. The average molecular weight is 354 g/mol. The molecule has 0 saturated carbocycles. The summed E-state index contributed by atoms with van der Waals surface area (Å²) in [7, 11) is -7.84. The zero-order chi connectivity index (χ0) is 16.7. The number of hydrogen-bond donors (Lipinski definition) is 1. The highest BCUT2D eigenvalue weighted by atomic mass is 32.2. The SMILES string of the molecule is O=S(=O)(Cc1ccccc1F)c1ccc2c(c1)S(=O)(=O)N=CN2. The first kappa shape index (κ1) is 15.6. The van der Waals surface area contributed by atoms with Crippen molar-refractivity contribution in [1.82, 2.24) is 0 Å². The summed E-state index contributed by atoms with van der Waals surface area (Å²) in [5.41, 5.74) is 0.258. The quantitative estimate of drug-likeness (QED) is 0.909. The molecular formula is C14H11FN2O4S2. The molecule has 0 aliphatic carbocycles. The van der Waals surface area contributed by atoms with Crippen LogP contribution in [0.2, 0.25) is 0 Å². The zero-order valence-corrected chi connectivity index (χ0v) is 13.2. The monoisotopic (exact) mass is 354 g/mol. The van der Waals surface area contributed by atoms with Gasteiger partial charge >= 0.3 is 0 Å². The summed E-state index contributed by atoms with van der Waals surface area (Å²) >= 11 is 0. The van der Waals surface area contributed by atoms with Crippen molar-refractivity contribution in [1.29, 1.82) is 0 Å². The summed E-state index contributed by atoms with van der Waals surface area (Å²) in [6.45, 7) is 0. The Hall–Kier alpha value is -2.26. The van der Waals surface area contributed by atoms with Gasteiger partial charge < -0.3 is 5.32 Å². The Balaban J connectivity index is 2.04. The molecule has 0 saturated heterocycles. The lowest BCUT2D eigenvalue weighted by molar-refractivity contribution is 0.586. The standard InChI is InChI=1S/C14H11FN2O4S2/c15-12-4-2-1-3-10(12)8-22(18,19)11-5-6-13-14(7-11)23(20,21)17-9-16-13/h1-7,9H,8H2,(H,16,17). The number of fused-ring (bicyclic) bond motifs is 1. The smallest absolute Gasteiger partial charge is 0.285 e. The molecule has 1 N–H and O–H groups in total. The van der Waals surface area contributed by atoms with Crippen molar-refractivity contribution in [3.05, 3.63) is 53.8 Å². The Morgan fingerprint density at radius 2 is 1.87 bits per heavy atom. The van der Waals surface area contributed by atoms with Crippen LogP contribution in [0, 0.1) is 5.82 Å². The third kappa shape index (κ3) is 2.97. The predicted octanol–water partition coefficient (Wildman–Crippen LogP) is 1.94. The fraction of sp³-hybridized carbons (Fsp3) is 0.0714. The third-order valence-electron chi connectivity index (χ3n) is 3.30. The molecule has 9 heteroatoms. The molecule has 0 unspecified atom stereocenters. The van der Waals surface area contributed by atoms with Gasteiger partial charge in [0.15, 0.2) is 9.84 Å². The molecule has 1 aliphatic rings. The van der Waals surface area contributed by atoms with Crippen LogP contribution in [0.4, 0.5) is 10.1 Å². The fourth-order valence-electron chi connectivity index (χ4n) is 2.15. The molecule has 1 heterocycles. The third-order valence-corrected chi connectivity index (χ3v) is 6.24. The minimum atomic E-state index is -3.94. The van der Waals surface area contributed by atoms with Crippen molar-refractivity contribution < 1.29 is 21.2 Å². The summed E-state index contributed by atoms with van der Waals surface area (Å²) in [6, 6.07) is 9.17. The van der Waals surface area contributed by atoms with Crippen LogP contribution >= 0.6 is 0 Å². The topological polar surface area (TPSA) is 92.7 Å². The largest absolute Gasteiger partial charge is 0.345 e. The van der Waals surface area contributed by atoms with Gasteiger partial charge in [0.05, 0.1) is 16.3 Å². The van der Waals surface area contributed by atoms with E-state index in [1.165, 1.54) is 36.4 Å². The van der Waals surface area contributed by atoms with Crippen molar-refractivity contribution in [2.75, 3.05) is 5.32 Å². The number of nitrogens with zero attached hydrogens (tertiary/aromatic N) is 1. The van der Waals surface area contributed by atoms with Crippen LogP contribution in [0.15, 0.2) is 56.7 Å². The van der Waals surface area contributed by atoms with E-state index in [0.29, 0.717) is 0 Å². The lowest BCUT2D eigenvalue weighted by Crippen LogP contribution is -2.13. The highest BCUT2D eigenvalue weighted by Gasteiger charge is 2.25. The number of halogens is 1. The lowest BCUT2D eigenvalue weighted by Gasteiger charge is -2.13. The number of sulfonamides is 1. The predicted molar refractivity (Wildman–Crippen MR) is 83.0 cm³/mol. The number of benzene rings is 2. The van der Waals surface area contributed by atoms with Gasteiger partial charge in [0, 0.05) is 5.56 Å². The maximum atomic E-state index is 13.6. The van der Waals surface area contributed by atoms with E-state index in [4.69, 9.17) is 0 Å². The molecule has 2 aromatic rings. The van der Waals surface area contributed by atoms with Crippen LogP contribution < -0.4 is 5.32 Å². The molecule has 0 bridgehead atoms. The van der Waals surface area contributed by atoms with Gasteiger partial charge in [-0.2, -0.15) is 8.42 Å². The van der Waals surface area contributed by atoms with Crippen molar-refractivity contribution in [2.45, 2.75) is 15.5 Å². The van der Waals surface area contributed by atoms with Gasteiger partial charge in [-0.05, 0) is 24.3 Å². The Morgan fingerprint density at radius 1 is 1.13 bits per heavy atom. The zero-order valence-electron chi connectivity index (χ0n) is 11.6. The summed E-state index contributed by atoms with van der Waals surface area (Å²) < 4.78 is 65.6. The maximum absolute atomic E-state index is 13.6. The van der Waals surface area contributed by atoms with Gasteiger partial charge in [0.25, 0.3) is 10.0 Å². The Labute approximate surface area is 132 Å². The van der Waals surface area contributed by atoms with Gasteiger partial charge in [0.1, 0.15) is 17.1 Å². The number of rotatable bonds is 3. The minimum Gasteiger partial charge on any atom is -0.345 e. The summed E-state index contributed by atoms with van der Waals surface area (Å²) in [5, 5.41) is 2.63. The van der Waals surface area contributed by atoms with Gasteiger partial charge in [-0.25, -0.2) is 12.8 Å². The molecule has 120 valence electrons. The van der Waals surface area contributed by atoms with Gasteiger partial charge in [-0.15, -0.1) is 4.40 Å². The second kappa shape index (κ2) is 5.43. The normalized spacial score (nSPS) is 15.7. The first-order chi connectivity index (χ1) is 10.8. The van der Waals surface area contributed by atoms with Crippen molar-refractivity contribution in [3.8, 4) is 0 Å². The van der Waals surface area contributed by atoms with Crippen LogP contribution in [0.1, 0.15) is 5.56 Å². The number of hydrogen-bond acceptors (Lipinski definition) is 5. The molecule has 6 nitrogen and oxygen atoms in total. The van der Waals surface area contributed by atoms with E-state index in [2.05, 4.69) is 9.71 Å². The molecule has 0 aromatic heterocycles. The van der Waals surface area contributed by atoms with Crippen molar-refractivity contribution in [3.63, 3.8) is 0 Å². The summed E-state index contributed by atoms with van der Waals surface area (Å²) in [6.07, 6.45) is 1.02. The molecule has 0 radical (unpaired) electrons. The van der Waals surface area contributed by atoms with E-state index in [-0.39, 0.29) is 21.0 Å². The molecule has 0 atom stereocenters. The van der Waals surface area contributed by atoms with E-state index < -0.39 is 31.4 Å². The molecule has 3 rings (SSSR count). The summed E-state index contributed by atoms with van der Waals surface area (Å²) in [5.74, 6) is -1.19. The van der Waals surface area contributed by atoms with Gasteiger partial charge in [-0.1, -0.05) is 18.2 Å². The average Bonchev–Trinajstić information content (AvgIpc) is 2.49. The Morgan fingerprint density at radius 3 is 2.61 bits per heavy atom. The molecule has 0 fully saturated rings. The van der Waals surface area contributed by atoms with Crippen molar-refractivity contribution in [2.24, 2.45) is 4.40 Å². The fourth-order valence-corrected chi connectivity index (χ4v) is 4.60. The molecular weight excluding hydrogens is 343 g/mol.